The molecular weight excluding hydrogens is 354 g/mol. The molecule has 4 atom stereocenters. The number of aliphatic hydroxyl groups excluding tert-OH is 1. The number of carboxylic acids is 1. The quantitative estimate of drug-likeness (QED) is 0.429. The maximum atomic E-state index is 12.1. The Balaban J connectivity index is 2.56. The number of hydrogen-bond acceptors (Lipinski definition) is 4. The molecule has 5 heteroatoms. The van der Waals surface area contributed by atoms with Crippen molar-refractivity contribution in [2.75, 3.05) is 7.11 Å². The summed E-state index contributed by atoms with van der Waals surface area (Å²) < 4.78 is 5.63. The van der Waals surface area contributed by atoms with Crippen LogP contribution < -0.4 is 5.73 Å². The van der Waals surface area contributed by atoms with Crippen LogP contribution in [0.25, 0.3) is 0 Å². The Hall–Kier alpha value is -1.85. The van der Waals surface area contributed by atoms with E-state index >= 15 is 0 Å². The van der Waals surface area contributed by atoms with E-state index in [-0.39, 0.29) is 11.5 Å². The van der Waals surface area contributed by atoms with Crippen LogP contribution in [0.4, 0.5) is 0 Å². The van der Waals surface area contributed by atoms with Gasteiger partial charge < -0.3 is 20.7 Å². The lowest BCUT2D eigenvalue weighted by Gasteiger charge is -2.46. The van der Waals surface area contributed by atoms with Crippen molar-refractivity contribution < 1.29 is 19.7 Å². The van der Waals surface area contributed by atoms with Crippen molar-refractivity contribution in [3.63, 3.8) is 0 Å². The zero-order valence-corrected chi connectivity index (χ0v) is 17.6. The molecule has 0 aromatic carbocycles. The van der Waals surface area contributed by atoms with E-state index in [1.165, 1.54) is 12.7 Å². The fraction of sp³-hybridized carbons (Fsp3) is 0.609. The highest BCUT2D eigenvalue weighted by molar-refractivity contribution is 5.93. The highest BCUT2D eigenvalue weighted by Gasteiger charge is 2.48. The minimum absolute atomic E-state index is 0.176. The predicted octanol–water partition coefficient (Wildman–Crippen LogP) is 4.10. The molecule has 0 saturated carbocycles. The van der Waals surface area contributed by atoms with E-state index in [0.29, 0.717) is 24.2 Å². The van der Waals surface area contributed by atoms with Crippen LogP contribution in [0.15, 0.2) is 46.8 Å². The number of unbranched alkanes of at least 4 members (excludes halogenated alkanes) is 2. The van der Waals surface area contributed by atoms with Gasteiger partial charge in [-0.25, -0.2) is 4.79 Å². The summed E-state index contributed by atoms with van der Waals surface area (Å²) in [5.74, 6) is -1.54. The van der Waals surface area contributed by atoms with Crippen molar-refractivity contribution in [3.05, 3.63) is 46.8 Å². The minimum Gasteiger partial charge on any atom is -0.500 e. The molecule has 0 aliphatic heterocycles. The Labute approximate surface area is 168 Å². The van der Waals surface area contributed by atoms with Gasteiger partial charge in [0.15, 0.2) is 0 Å². The number of methoxy groups -OCH3 is 1. The van der Waals surface area contributed by atoms with Crippen molar-refractivity contribution in [3.8, 4) is 0 Å². The van der Waals surface area contributed by atoms with Crippen LogP contribution in [0.2, 0.25) is 0 Å². The van der Waals surface area contributed by atoms with Crippen LogP contribution in [-0.2, 0) is 9.53 Å². The zero-order chi connectivity index (χ0) is 21.1. The van der Waals surface area contributed by atoms with E-state index in [2.05, 4.69) is 19.6 Å². The van der Waals surface area contributed by atoms with E-state index in [4.69, 9.17) is 10.5 Å². The lowest BCUT2D eigenvalue weighted by molar-refractivity contribution is -0.132. The van der Waals surface area contributed by atoms with E-state index in [9.17, 15) is 15.0 Å². The molecule has 0 aromatic rings. The van der Waals surface area contributed by atoms with Crippen molar-refractivity contribution in [2.24, 2.45) is 17.6 Å². The Morgan fingerprint density at radius 3 is 2.61 bits per heavy atom. The summed E-state index contributed by atoms with van der Waals surface area (Å²) in [6.07, 6.45) is 8.03. The second-order valence-electron chi connectivity index (χ2n) is 8.27. The van der Waals surface area contributed by atoms with Crippen LogP contribution in [0.3, 0.4) is 0 Å². The number of aliphatic carboxylic acids is 1. The summed E-state index contributed by atoms with van der Waals surface area (Å²) in [5, 5.41) is 21.0. The fourth-order valence-electron chi connectivity index (χ4n) is 4.53. The first-order chi connectivity index (χ1) is 13.2. The first-order valence-corrected chi connectivity index (χ1v) is 10.2. The topological polar surface area (TPSA) is 92.8 Å². The molecule has 0 spiro atoms. The van der Waals surface area contributed by atoms with E-state index in [0.717, 1.165) is 31.3 Å². The molecule has 0 amide bonds. The number of nitrogens with two attached hydrogens (primary N) is 1. The summed E-state index contributed by atoms with van der Waals surface area (Å²) in [6, 6.07) is 0. The Morgan fingerprint density at radius 2 is 2.07 bits per heavy atom. The van der Waals surface area contributed by atoms with Gasteiger partial charge in [0.2, 0.25) is 0 Å². The molecular formula is C23H35NO4. The highest BCUT2D eigenvalue weighted by atomic mass is 16.5. The normalized spacial score (nSPS) is 30.6. The lowest BCUT2D eigenvalue weighted by Crippen LogP contribution is -2.54. The molecule has 0 bridgehead atoms. The van der Waals surface area contributed by atoms with Gasteiger partial charge in [-0.2, -0.15) is 0 Å². The summed E-state index contributed by atoms with van der Waals surface area (Å²) in [5.41, 5.74) is 8.90. The van der Waals surface area contributed by atoms with Gasteiger partial charge in [0.05, 0.1) is 19.1 Å². The summed E-state index contributed by atoms with van der Waals surface area (Å²) in [4.78, 5) is 12.1. The van der Waals surface area contributed by atoms with Crippen molar-refractivity contribution >= 4 is 5.97 Å². The molecule has 2 rings (SSSR count). The third-order valence-corrected chi connectivity index (χ3v) is 6.27. The standard InChI is InChI=1S/C23H35NO4/c1-6-7-8-9-16-13-18(25)20(21(28-5)19(16)22(26)27)17-12-15(4)10-11-23(17,24)14(2)3/h12-13,17-18,20,25H,2,6-11,24H2,1,3-5H3,(H,26,27). The molecule has 0 fully saturated rings. The Morgan fingerprint density at radius 1 is 1.39 bits per heavy atom. The second kappa shape index (κ2) is 9.10. The first-order valence-electron chi connectivity index (χ1n) is 10.2. The molecule has 5 nitrogen and oxygen atoms in total. The molecule has 4 N–H and O–H groups in total. The number of allylic oxidation sites excluding steroid dienone is 1. The third-order valence-electron chi connectivity index (χ3n) is 6.27. The maximum absolute atomic E-state index is 12.1. The fourth-order valence-corrected chi connectivity index (χ4v) is 4.53. The number of carbonyl (C=O) groups is 1. The smallest absolute Gasteiger partial charge is 0.339 e. The van der Waals surface area contributed by atoms with Gasteiger partial charge in [-0.15, -0.1) is 0 Å². The predicted molar refractivity (Wildman–Crippen MR) is 112 cm³/mol. The summed E-state index contributed by atoms with van der Waals surface area (Å²) in [6.45, 7) is 10.1. The average molecular weight is 390 g/mol. The zero-order valence-electron chi connectivity index (χ0n) is 17.6. The monoisotopic (exact) mass is 389 g/mol. The molecule has 28 heavy (non-hydrogen) atoms. The summed E-state index contributed by atoms with van der Waals surface area (Å²) >= 11 is 0. The van der Waals surface area contributed by atoms with E-state index in [1.807, 2.05) is 13.8 Å². The third kappa shape index (κ3) is 4.26. The number of rotatable bonds is 8. The first kappa shape index (κ1) is 22.4. The maximum Gasteiger partial charge on any atom is 0.339 e. The average Bonchev–Trinajstić information content (AvgIpc) is 2.63. The van der Waals surface area contributed by atoms with Gasteiger partial charge >= 0.3 is 5.97 Å². The van der Waals surface area contributed by atoms with Crippen molar-refractivity contribution in [2.45, 2.75) is 70.9 Å². The van der Waals surface area contributed by atoms with Crippen LogP contribution >= 0.6 is 0 Å². The van der Waals surface area contributed by atoms with Gasteiger partial charge in [0.1, 0.15) is 11.3 Å². The number of ether oxygens (including phenoxy) is 1. The largest absolute Gasteiger partial charge is 0.500 e. The van der Waals surface area contributed by atoms with Gasteiger partial charge in [-0.1, -0.05) is 49.6 Å². The van der Waals surface area contributed by atoms with Crippen molar-refractivity contribution in [1.29, 1.82) is 0 Å². The molecule has 0 heterocycles. The molecule has 2 aliphatic carbocycles. The van der Waals surface area contributed by atoms with Gasteiger partial charge in [0, 0.05) is 11.5 Å². The van der Waals surface area contributed by atoms with Crippen molar-refractivity contribution in [1.82, 2.24) is 0 Å². The van der Waals surface area contributed by atoms with Gasteiger partial charge in [-0.3, -0.25) is 0 Å². The van der Waals surface area contributed by atoms with Crippen LogP contribution in [0.1, 0.15) is 59.3 Å². The van der Waals surface area contributed by atoms with Crippen LogP contribution in [0, 0.1) is 11.8 Å². The molecule has 4 unspecified atom stereocenters. The Kier molecular flexibility index (Phi) is 7.29. The van der Waals surface area contributed by atoms with Crippen LogP contribution in [-0.4, -0.2) is 34.9 Å². The second-order valence-corrected chi connectivity index (χ2v) is 8.27. The highest BCUT2D eigenvalue weighted by Crippen LogP contribution is 2.46. The molecule has 156 valence electrons. The van der Waals surface area contributed by atoms with Gasteiger partial charge in [0.25, 0.3) is 0 Å². The molecule has 2 aliphatic rings. The number of carboxylic acid groups (broad SMARTS) is 1. The number of aliphatic hydroxyl groups is 1. The minimum atomic E-state index is -1.02. The lowest BCUT2D eigenvalue weighted by atomic mass is 9.63. The molecule has 0 radical (unpaired) electrons. The molecule has 0 aromatic heterocycles. The van der Waals surface area contributed by atoms with Crippen LogP contribution in [0.5, 0.6) is 0 Å². The van der Waals surface area contributed by atoms with Gasteiger partial charge in [-0.05, 0) is 45.1 Å². The summed E-state index contributed by atoms with van der Waals surface area (Å²) in [7, 11) is 1.48. The molecule has 0 saturated heterocycles. The Bertz CT molecular complexity index is 718. The number of hydrogen-bond donors (Lipinski definition) is 3. The van der Waals surface area contributed by atoms with E-state index in [1.54, 1.807) is 6.08 Å². The SMILES string of the molecule is C=C(C)C1(N)CCC(C)=CC1C1C(OC)=C(C(=O)O)C(CCCCC)=CC1O. The van der Waals surface area contributed by atoms with E-state index < -0.39 is 23.5 Å².